The Hall–Kier alpha value is -3.09. The number of carbonyl (C=O) groups is 1. The van der Waals surface area contributed by atoms with Gasteiger partial charge >= 0.3 is 0 Å². The molecule has 0 N–H and O–H groups in total. The van der Waals surface area contributed by atoms with Crippen LogP contribution in [0.5, 0.6) is 5.75 Å². The van der Waals surface area contributed by atoms with Gasteiger partial charge < -0.3 is 18.6 Å². The molecule has 0 saturated carbocycles. The van der Waals surface area contributed by atoms with Crippen molar-refractivity contribution in [3.05, 3.63) is 54.7 Å². The number of ether oxygens (including phenoxy) is 1. The van der Waals surface area contributed by atoms with Crippen LogP contribution in [0.25, 0.3) is 11.5 Å². The molecular weight excluding hydrogens is 298 g/mol. The fourth-order valence-electron chi connectivity index (χ4n) is 2.36. The van der Waals surface area contributed by atoms with Gasteiger partial charge in [-0.2, -0.15) is 0 Å². The highest BCUT2D eigenvalue weighted by Crippen LogP contribution is 2.23. The Kier molecular flexibility index (Phi) is 3.30. The molecule has 0 aromatic carbocycles. The molecule has 0 radical (unpaired) electrons. The van der Waals surface area contributed by atoms with Crippen LogP contribution < -0.4 is 4.74 Å². The van der Waals surface area contributed by atoms with E-state index in [-0.39, 0.29) is 17.7 Å². The maximum Gasteiger partial charge on any atom is 0.276 e. The molecule has 7 nitrogen and oxygen atoms in total. The highest BCUT2D eigenvalue weighted by Gasteiger charge is 2.34. The summed E-state index contributed by atoms with van der Waals surface area (Å²) in [7, 11) is 0. The van der Waals surface area contributed by atoms with Crippen molar-refractivity contribution < 1.29 is 18.5 Å². The number of nitrogens with zero attached hydrogens (tertiary/aromatic N) is 3. The van der Waals surface area contributed by atoms with Crippen molar-refractivity contribution in [3.63, 3.8) is 0 Å². The van der Waals surface area contributed by atoms with Crippen molar-refractivity contribution in [3.8, 4) is 17.3 Å². The summed E-state index contributed by atoms with van der Waals surface area (Å²) in [5.74, 6) is 1.49. The predicted octanol–water partition coefficient (Wildman–Crippen LogP) is 2.23. The van der Waals surface area contributed by atoms with Crippen molar-refractivity contribution in [2.24, 2.45) is 0 Å². The number of carbonyl (C=O) groups excluding carboxylic acids is 1. The lowest BCUT2D eigenvalue weighted by Gasteiger charge is -2.38. The number of hydrogen-bond donors (Lipinski definition) is 0. The first-order valence-electron chi connectivity index (χ1n) is 7.16. The molecule has 1 aliphatic rings. The van der Waals surface area contributed by atoms with Gasteiger partial charge in [-0.25, -0.2) is 0 Å². The Morgan fingerprint density at radius 2 is 2.17 bits per heavy atom. The number of furan rings is 1. The standard InChI is InChI=1S/C16H13N3O4/c20-16(13-7-15(23-18-13)14-4-2-6-21-14)19-9-12(10-19)22-11-3-1-5-17-8-11/h1-8,12H,9-10H2. The molecule has 1 fully saturated rings. The molecule has 4 rings (SSSR count). The Morgan fingerprint density at radius 1 is 1.26 bits per heavy atom. The van der Waals surface area contributed by atoms with Crippen LogP contribution in [0.3, 0.4) is 0 Å². The summed E-state index contributed by atoms with van der Waals surface area (Å²) in [5.41, 5.74) is 0.260. The van der Waals surface area contributed by atoms with E-state index in [1.807, 2.05) is 12.1 Å². The van der Waals surface area contributed by atoms with Gasteiger partial charge in [0, 0.05) is 12.3 Å². The van der Waals surface area contributed by atoms with Crippen molar-refractivity contribution in [1.29, 1.82) is 0 Å². The second-order valence-electron chi connectivity index (χ2n) is 5.19. The molecule has 1 aliphatic heterocycles. The lowest BCUT2D eigenvalue weighted by atomic mass is 10.1. The molecular formula is C16H13N3O4. The molecule has 23 heavy (non-hydrogen) atoms. The zero-order valence-corrected chi connectivity index (χ0v) is 12.1. The smallest absolute Gasteiger partial charge is 0.276 e. The van der Waals surface area contributed by atoms with Gasteiger partial charge in [0.2, 0.25) is 5.76 Å². The van der Waals surface area contributed by atoms with Crippen LogP contribution in [0.15, 0.2) is 57.9 Å². The van der Waals surface area contributed by atoms with Gasteiger partial charge in [-0.05, 0) is 24.3 Å². The minimum absolute atomic E-state index is 0.0282. The van der Waals surface area contributed by atoms with Gasteiger partial charge in [0.1, 0.15) is 11.9 Å². The first kappa shape index (κ1) is 13.6. The second kappa shape index (κ2) is 5.60. The van der Waals surface area contributed by atoms with E-state index in [0.29, 0.717) is 30.4 Å². The Labute approximate surface area is 131 Å². The molecule has 4 heterocycles. The van der Waals surface area contributed by atoms with E-state index in [9.17, 15) is 4.79 Å². The lowest BCUT2D eigenvalue weighted by molar-refractivity contribution is 0.0169. The molecule has 0 unspecified atom stereocenters. The highest BCUT2D eigenvalue weighted by atomic mass is 16.5. The first-order valence-corrected chi connectivity index (χ1v) is 7.16. The Bertz CT molecular complexity index is 792. The Balaban J connectivity index is 1.36. The van der Waals surface area contributed by atoms with Crippen LogP contribution in [0.2, 0.25) is 0 Å². The number of hydrogen-bond acceptors (Lipinski definition) is 6. The molecule has 0 bridgehead atoms. The fourth-order valence-corrected chi connectivity index (χ4v) is 2.36. The van der Waals surface area contributed by atoms with Crippen LogP contribution in [-0.4, -0.2) is 40.1 Å². The average Bonchev–Trinajstić information content (AvgIpc) is 3.21. The van der Waals surface area contributed by atoms with Crippen LogP contribution in [0.1, 0.15) is 10.5 Å². The summed E-state index contributed by atoms with van der Waals surface area (Å²) >= 11 is 0. The largest absolute Gasteiger partial charge is 0.485 e. The molecule has 116 valence electrons. The summed E-state index contributed by atoms with van der Waals surface area (Å²) in [4.78, 5) is 18.0. The van der Waals surface area contributed by atoms with Gasteiger partial charge in [0.25, 0.3) is 5.91 Å². The maximum absolute atomic E-state index is 12.3. The number of rotatable bonds is 4. The number of amides is 1. The molecule has 7 heteroatoms. The van der Waals surface area contributed by atoms with Gasteiger partial charge in [0.05, 0.1) is 25.5 Å². The highest BCUT2D eigenvalue weighted by molar-refractivity contribution is 5.93. The predicted molar refractivity (Wildman–Crippen MR) is 78.8 cm³/mol. The zero-order chi connectivity index (χ0) is 15.6. The Morgan fingerprint density at radius 3 is 2.91 bits per heavy atom. The number of aromatic nitrogens is 2. The normalized spacial score (nSPS) is 14.5. The summed E-state index contributed by atoms with van der Waals surface area (Å²) < 4.78 is 16.1. The van der Waals surface area contributed by atoms with Crippen molar-refractivity contribution >= 4 is 5.91 Å². The fraction of sp³-hybridized carbons (Fsp3) is 0.188. The van der Waals surface area contributed by atoms with Crippen molar-refractivity contribution in [1.82, 2.24) is 15.0 Å². The molecule has 0 atom stereocenters. The van der Waals surface area contributed by atoms with Crippen LogP contribution >= 0.6 is 0 Å². The van der Waals surface area contributed by atoms with Crippen LogP contribution in [-0.2, 0) is 0 Å². The summed E-state index contributed by atoms with van der Waals surface area (Å²) in [6, 6.07) is 8.72. The van der Waals surface area contributed by atoms with Gasteiger partial charge in [-0.3, -0.25) is 9.78 Å². The third-order valence-corrected chi connectivity index (χ3v) is 3.57. The number of pyridine rings is 1. The monoisotopic (exact) mass is 311 g/mol. The summed E-state index contributed by atoms with van der Waals surface area (Å²) in [6.07, 6.45) is 4.84. The van der Waals surface area contributed by atoms with Gasteiger partial charge in [0.15, 0.2) is 11.5 Å². The minimum Gasteiger partial charge on any atom is -0.485 e. The molecule has 1 saturated heterocycles. The molecule has 0 aliphatic carbocycles. The maximum atomic E-state index is 12.3. The molecule has 1 amide bonds. The lowest BCUT2D eigenvalue weighted by Crippen LogP contribution is -2.56. The molecule has 3 aromatic heterocycles. The van der Waals surface area contributed by atoms with Crippen LogP contribution in [0.4, 0.5) is 0 Å². The van der Waals surface area contributed by atoms with E-state index in [1.165, 1.54) is 6.26 Å². The minimum atomic E-state index is -0.183. The third kappa shape index (κ3) is 2.68. The SMILES string of the molecule is O=C(c1cc(-c2ccco2)on1)N1CC(Oc2cccnc2)C1. The van der Waals surface area contributed by atoms with E-state index in [4.69, 9.17) is 13.7 Å². The van der Waals surface area contributed by atoms with Gasteiger partial charge in [-0.1, -0.05) is 5.16 Å². The van der Waals surface area contributed by atoms with E-state index in [2.05, 4.69) is 10.1 Å². The summed E-state index contributed by atoms with van der Waals surface area (Å²) in [5, 5.41) is 3.81. The first-order chi connectivity index (χ1) is 11.3. The van der Waals surface area contributed by atoms with Crippen LogP contribution in [0, 0.1) is 0 Å². The second-order valence-corrected chi connectivity index (χ2v) is 5.19. The van der Waals surface area contributed by atoms with Gasteiger partial charge in [-0.15, -0.1) is 0 Å². The molecule has 3 aromatic rings. The summed E-state index contributed by atoms with van der Waals surface area (Å²) in [6.45, 7) is 1.02. The number of likely N-dealkylation sites (tertiary alicyclic amines) is 1. The average molecular weight is 311 g/mol. The van der Waals surface area contributed by atoms with E-state index in [1.54, 1.807) is 35.5 Å². The molecule has 0 spiro atoms. The van der Waals surface area contributed by atoms with E-state index >= 15 is 0 Å². The van der Waals surface area contributed by atoms with Crippen molar-refractivity contribution in [2.45, 2.75) is 6.10 Å². The van der Waals surface area contributed by atoms with E-state index in [0.717, 1.165) is 0 Å². The quantitative estimate of drug-likeness (QED) is 0.735. The third-order valence-electron chi connectivity index (χ3n) is 3.57. The topological polar surface area (TPSA) is 81.6 Å². The zero-order valence-electron chi connectivity index (χ0n) is 12.1. The van der Waals surface area contributed by atoms with Crippen molar-refractivity contribution in [2.75, 3.05) is 13.1 Å². The van der Waals surface area contributed by atoms with E-state index < -0.39 is 0 Å².